The van der Waals surface area contributed by atoms with E-state index in [1.54, 1.807) is 60.9 Å². The van der Waals surface area contributed by atoms with Gasteiger partial charge in [0.25, 0.3) is 5.91 Å². The Balaban J connectivity index is 1.49. The molecule has 0 bridgehead atoms. The molecule has 3 aromatic rings. The van der Waals surface area contributed by atoms with Crippen LogP contribution in [0.2, 0.25) is 0 Å². The summed E-state index contributed by atoms with van der Waals surface area (Å²) >= 11 is 0. The van der Waals surface area contributed by atoms with Gasteiger partial charge in [0.1, 0.15) is 0 Å². The molecule has 0 fully saturated rings. The van der Waals surface area contributed by atoms with Crippen molar-refractivity contribution in [2.45, 2.75) is 69.5 Å². The molecule has 1 amide bonds. The third-order valence-electron chi connectivity index (χ3n) is 6.09. The summed E-state index contributed by atoms with van der Waals surface area (Å²) < 4.78 is 34.2. The van der Waals surface area contributed by atoms with Gasteiger partial charge in [-0.05, 0) is 94.5 Å². The number of sulfonamides is 1. The Labute approximate surface area is 226 Å². The number of hydrogen-bond donors (Lipinski definition) is 3. The predicted octanol–water partition coefficient (Wildman–Crippen LogP) is 4.67. The van der Waals surface area contributed by atoms with Crippen LogP contribution in [-0.2, 0) is 27.7 Å². The summed E-state index contributed by atoms with van der Waals surface area (Å²) in [6, 6.07) is 17.2. The average Bonchev–Trinajstić information content (AvgIpc) is 2.86. The minimum Gasteiger partial charge on any atom is -0.375 e. The maximum atomic E-state index is 12.8. The van der Waals surface area contributed by atoms with Gasteiger partial charge in [-0.25, -0.2) is 13.1 Å². The maximum absolute atomic E-state index is 12.8. The van der Waals surface area contributed by atoms with E-state index in [9.17, 15) is 13.2 Å². The normalized spacial score (nSPS) is 12.3. The quantitative estimate of drug-likeness (QED) is 0.291. The molecule has 1 heterocycles. The summed E-state index contributed by atoms with van der Waals surface area (Å²) in [5.41, 5.74) is 8.31. The second-order valence-corrected chi connectivity index (χ2v) is 12.5. The van der Waals surface area contributed by atoms with Crippen molar-refractivity contribution in [2.75, 3.05) is 11.9 Å². The van der Waals surface area contributed by atoms with Gasteiger partial charge in [-0.3, -0.25) is 9.78 Å². The number of hydrogen-bond acceptors (Lipinski definition) is 6. The first-order chi connectivity index (χ1) is 17.8. The van der Waals surface area contributed by atoms with Crippen LogP contribution in [0.5, 0.6) is 0 Å². The largest absolute Gasteiger partial charge is 0.375 e. The Morgan fingerprint density at radius 3 is 2.21 bits per heavy atom. The molecular weight excluding hydrogens is 500 g/mol. The number of rotatable bonds is 13. The fraction of sp³-hybridized carbons (Fsp3) is 0.379. The molecule has 0 atom stereocenters. The van der Waals surface area contributed by atoms with Gasteiger partial charge in [-0.1, -0.05) is 24.3 Å². The molecule has 1 aromatic heterocycles. The van der Waals surface area contributed by atoms with E-state index in [0.717, 1.165) is 30.4 Å². The second-order valence-electron chi connectivity index (χ2n) is 10.7. The molecule has 0 aliphatic heterocycles. The van der Waals surface area contributed by atoms with Crippen molar-refractivity contribution in [3.8, 4) is 0 Å². The topological polar surface area (TPSA) is 123 Å². The Hall–Kier alpha value is -3.11. The number of nitrogens with two attached hydrogens (primary N) is 1. The molecule has 0 aliphatic carbocycles. The van der Waals surface area contributed by atoms with Crippen LogP contribution in [0.15, 0.2) is 78.0 Å². The molecule has 0 unspecified atom stereocenters. The lowest BCUT2D eigenvalue weighted by Crippen LogP contribution is -2.35. The summed E-state index contributed by atoms with van der Waals surface area (Å²) in [5, 5.41) is 2.77. The Bertz CT molecular complexity index is 1290. The van der Waals surface area contributed by atoms with Crippen molar-refractivity contribution in [1.29, 1.82) is 0 Å². The van der Waals surface area contributed by atoms with Gasteiger partial charge in [-0.2, -0.15) is 0 Å². The number of anilines is 1. The van der Waals surface area contributed by atoms with E-state index in [0.29, 0.717) is 17.9 Å². The fourth-order valence-corrected chi connectivity index (χ4v) is 4.64. The molecule has 8 nitrogen and oxygen atoms in total. The molecule has 38 heavy (non-hydrogen) atoms. The summed E-state index contributed by atoms with van der Waals surface area (Å²) in [7, 11) is -3.68. The third kappa shape index (κ3) is 9.64. The molecule has 0 saturated carbocycles. The lowest BCUT2D eigenvalue weighted by atomic mass is 9.98. The third-order valence-corrected chi connectivity index (χ3v) is 7.51. The molecule has 4 N–H and O–H groups in total. The highest BCUT2D eigenvalue weighted by molar-refractivity contribution is 7.89. The minimum absolute atomic E-state index is 0.111. The number of carbonyl (C=O) groups excluding carboxylic acids is 1. The van der Waals surface area contributed by atoms with Crippen molar-refractivity contribution in [3.05, 3.63) is 89.7 Å². The maximum Gasteiger partial charge on any atom is 0.255 e. The lowest BCUT2D eigenvalue weighted by molar-refractivity contribution is -0.0288. The molecule has 3 rings (SSSR count). The summed E-state index contributed by atoms with van der Waals surface area (Å²) in [4.78, 5) is 16.5. The molecule has 0 aliphatic rings. The predicted molar refractivity (Wildman–Crippen MR) is 150 cm³/mol. The highest BCUT2D eigenvalue weighted by atomic mass is 32.2. The number of carbonyl (C=O) groups is 1. The first-order valence-corrected chi connectivity index (χ1v) is 14.1. The highest BCUT2D eigenvalue weighted by Gasteiger charge is 2.20. The summed E-state index contributed by atoms with van der Waals surface area (Å²) in [6.45, 7) is 8.78. The number of aromatic nitrogens is 1. The van der Waals surface area contributed by atoms with Crippen molar-refractivity contribution in [3.63, 3.8) is 0 Å². The molecule has 2 aromatic carbocycles. The van der Waals surface area contributed by atoms with Crippen LogP contribution in [0.3, 0.4) is 0 Å². The SMILES string of the molecule is CC(C)(N)CCOC(C)(C)CCc1ccc(S(=O)(=O)NCc2ccc(C(=O)Nc3cccnc3)cc2)cc1. The first kappa shape index (κ1) is 29.4. The van der Waals surface area contributed by atoms with Crippen molar-refractivity contribution in [2.24, 2.45) is 5.73 Å². The van der Waals surface area contributed by atoms with Crippen LogP contribution >= 0.6 is 0 Å². The van der Waals surface area contributed by atoms with Crippen LogP contribution in [0, 0.1) is 0 Å². The van der Waals surface area contributed by atoms with Gasteiger partial charge in [0.05, 0.1) is 22.4 Å². The molecular formula is C29H38N4O4S. The van der Waals surface area contributed by atoms with Crippen LogP contribution in [0.4, 0.5) is 5.69 Å². The zero-order valence-electron chi connectivity index (χ0n) is 22.5. The van der Waals surface area contributed by atoms with Gasteiger partial charge in [0.15, 0.2) is 0 Å². The van der Waals surface area contributed by atoms with Crippen LogP contribution in [0.1, 0.15) is 62.0 Å². The van der Waals surface area contributed by atoms with Gasteiger partial charge >= 0.3 is 0 Å². The number of benzene rings is 2. The molecule has 204 valence electrons. The van der Waals surface area contributed by atoms with E-state index in [1.807, 2.05) is 26.0 Å². The van der Waals surface area contributed by atoms with E-state index in [4.69, 9.17) is 10.5 Å². The minimum atomic E-state index is -3.68. The number of pyridine rings is 1. The monoisotopic (exact) mass is 538 g/mol. The van der Waals surface area contributed by atoms with E-state index in [1.165, 1.54) is 0 Å². The standard InChI is InChI=1S/C29H38N4O4S/c1-28(2,30)17-19-37-29(3,4)16-15-22-9-13-26(14-10-22)38(35,36)32-20-23-7-11-24(12-8-23)27(34)33-25-6-5-18-31-21-25/h5-14,18,21,32H,15-17,19-20,30H2,1-4H3,(H,33,34). The fourth-order valence-electron chi connectivity index (χ4n) is 3.62. The highest BCUT2D eigenvalue weighted by Crippen LogP contribution is 2.21. The summed E-state index contributed by atoms with van der Waals surface area (Å²) in [5.74, 6) is -0.264. The van der Waals surface area contributed by atoms with E-state index in [2.05, 4.69) is 28.9 Å². The van der Waals surface area contributed by atoms with Crippen molar-refractivity contribution in [1.82, 2.24) is 9.71 Å². The van der Waals surface area contributed by atoms with Gasteiger partial charge in [0.2, 0.25) is 10.0 Å². The van der Waals surface area contributed by atoms with E-state index >= 15 is 0 Å². The zero-order valence-corrected chi connectivity index (χ0v) is 23.3. The average molecular weight is 539 g/mol. The molecule has 0 spiro atoms. The Morgan fingerprint density at radius 2 is 1.61 bits per heavy atom. The van der Waals surface area contributed by atoms with Gasteiger partial charge in [-0.15, -0.1) is 0 Å². The smallest absolute Gasteiger partial charge is 0.255 e. The molecule has 0 radical (unpaired) electrons. The van der Waals surface area contributed by atoms with Gasteiger partial charge < -0.3 is 15.8 Å². The zero-order chi connectivity index (χ0) is 27.8. The first-order valence-electron chi connectivity index (χ1n) is 12.6. The van der Waals surface area contributed by atoms with Crippen molar-refractivity contribution < 1.29 is 17.9 Å². The molecule has 0 saturated heterocycles. The number of amides is 1. The Kier molecular flexibility index (Phi) is 9.78. The van der Waals surface area contributed by atoms with Crippen molar-refractivity contribution >= 4 is 21.6 Å². The molecule has 9 heteroatoms. The number of aryl methyl sites for hydroxylation is 1. The number of nitrogens with one attached hydrogen (secondary N) is 2. The lowest BCUT2D eigenvalue weighted by Gasteiger charge is -2.28. The number of nitrogens with zero attached hydrogens (tertiary/aromatic N) is 1. The summed E-state index contributed by atoms with van der Waals surface area (Å²) in [6.07, 6.45) is 5.55. The Morgan fingerprint density at radius 1 is 0.947 bits per heavy atom. The second kappa shape index (κ2) is 12.6. The van der Waals surface area contributed by atoms with Crippen LogP contribution in [-0.4, -0.2) is 37.1 Å². The van der Waals surface area contributed by atoms with Crippen LogP contribution in [0.25, 0.3) is 0 Å². The van der Waals surface area contributed by atoms with E-state index in [-0.39, 0.29) is 28.5 Å². The van der Waals surface area contributed by atoms with Crippen LogP contribution < -0.4 is 15.8 Å². The number of ether oxygens (including phenoxy) is 1. The van der Waals surface area contributed by atoms with E-state index < -0.39 is 10.0 Å². The van der Waals surface area contributed by atoms with Gasteiger partial charge in [0, 0.05) is 30.5 Å².